The van der Waals surface area contributed by atoms with Crippen LogP contribution in [-0.4, -0.2) is 36.9 Å². The fraction of sp³-hybridized carbons (Fsp3) is 0.864. The summed E-state index contributed by atoms with van der Waals surface area (Å²) in [6.07, 6.45) is 15.9. The molecule has 0 saturated carbocycles. The molecule has 0 aliphatic carbocycles. The number of carbonyl (C=O) groups excluding carboxylic acids is 1. The van der Waals surface area contributed by atoms with Gasteiger partial charge >= 0.3 is 0 Å². The number of carbonyl (C=O) groups is 1. The van der Waals surface area contributed by atoms with Crippen LogP contribution in [0, 0.1) is 0 Å². The molecule has 0 aromatic carbocycles. The Morgan fingerprint density at radius 3 is 1.60 bits per heavy atom. The molecular weight excluding hydrogens is 374 g/mol. The Morgan fingerprint density at radius 2 is 1.24 bits per heavy atom. The lowest BCUT2D eigenvalue weighted by molar-refractivity contribution is -0.904. The quantitative estimate of drug-likeness (QED) is 0.214. The first-order valence-corrected chi connectivity index (χ1v) is 10.4. The maximum atomic E-state index is 12.4. The van der Waals surface area contributed by atoms with Crippen molar-refractivity contribution in [1.82, 2.24) is 0 Å². The summed E-state index contributed by atoms with van der Waals surface area (Å²) in [7, 11) is 4.34. The maximum Gasteiger partial charge on any atom is 0.215 e. The zero-order valence-corrected chi connectivity index (χ0v) is 19.3. The first-order chi connectivity index (χ1) is 11.4. The standard InChI is InChI=1S/C22H44NO.BrH/c1-7-9-10-11-12-13-14-15-16-17-18-19-21(22(24)20(3)4)23(5,6)8-2;/h21H,3,7-19H2,1-2,4-6H3;1H/q+1;/p-1. The number of ketones is 1. The first kappa shape index (κ1) is 27.1. The van der Waals surface area contributed by atoms with E-state index in [1.807, 2.05) is 6.92 Å². The summed E-state index contributed by atoms with van der Waals surface area (Å²) in [5.41, 5.74) is 0.711. The minimum absolute atomic E-state index is 0. The molecule has 0 N–H and O–H groups in total. The van der Waals surface area contributed by atoms with Gasteiger partial charge in [-0.2, -0.15) is 0 Å². The van der Waals surface area contributed by atoms with Crippen molar-refractivity contribution >= 4 is 5.78 Å². The van der Waals surface area contributed by atoms with E-state index in [2.05, 4.69) is 34.5 Å². The lowest BCUT2D eigenvalue weighted by atomic mass is 9.96. The number of nitrogens with zero attached hydrogens (tertiary/aromatic N) is 1. The number of hydrogen-bond acceptors (Lipinski definition) is 1. The molecule has 0 aliphatic rings. The predicted molar refractivity (Wildman–Crippen MR) is 107 cm³/mol. The van der Waals surface area contributed by atoms with Crippen LogP contribution in [0.1, 0.15) is 97.8 Å². The summed E-state index contributed by atoms with van der Waals surface area (Å²) in [5, 5.41) is 0. The SMILES string of the molecule is C=C(C)C(=O)C(CCCCCCCCCCCCC)[N+](C)(C)CC.[Br-]. The van der Waals surface area contributed by atoms with Crippen molar-refractivity contribution in [2.75, 3.05) is 20.6 Å². The highest BCUT2D eigenvalue weighted by atomic mass is 79.9. The van der Waals surface area contributed by atoms with Gasteiger partial charge in [0.1, 0.15) is 0 Å². The van der Waals surface area contributed by atoms with Crippen molar-refractivity contribution in [1.29, 1.82) is 0 Å². The number of likely N-dealkylation sites (N-methyl/N-ethyl adjacent to an activating group) is 1. The van der Waals surface area contributed by atoms with Crippen LogP contribution in [0.15, 0.2) is 12.2 Å². The molecule has 1 unspecified atom stereocenters. The highest BCUT2D eigenvalue weighted by Gasteiger charge is 2.32. The monoisotopic (exact) mass is 417 g/mol. The molecular formula is C22H44BrNO. The Morgan fingerprint density at radius 1 is 0.840 bits per heavy atom. The second-order valence-electron chi connectivity index (χ2n) is 8.08. The number of rotatable bonds is 16. The van der Waals surface area contributed by atoms with Gasteiger partial charge in [-0.1, -0.05) is 77.7 Å². The third-order valence-corrected chi connectivity index (χ3v) is 5.46. The smallest absolute Gasteiger partial charge is 0.215 e. The van der Waals surface area contributed by atoms with Gasteiger partial charge in [-0.3, -0.25) is 4.79 Å². The van der Waals surface area contributed by atoms with Crippen molar-refractivity contribution in [3.05, 3.63) is 12.2 Å². The fourth-order valence-corrected chi connectivity index (χ4v) is 3.30. The van der Waals surface area contributed by atoms with Gasteiger partial charge in [-0.15, -0.1) is 0 Å². The highest BCUT2D eigenvalue weighted by molar-refractivity contribution is 5.97. The van der Waals surface area contributed by atoms with Crippen molar-refractivity contribution in [2.45, 2.75) is 104 Å². The molecule has 150 valence electrons. The van der Waals surface area contributed by atoms with Gasteiger partial charge in [0.25, 0.3) is 0 Å². The van der Waals surface area contributed by atoms with E-state index in [9.17, 15) is 4.79 Å². The van der Waals surface area contributed by atoms with Crippen molar-refractivity contribution < 1.29 is 26.3 Å². The molecule has 0 amide bonds. The first-order valence-electron chi connectivity index (χ1n) is 10.4. The molecule has 0 fully saturated rings. The molecule has 0 bridgehead atoms. The molecule has 25 heavy (non-hydrogen) atoms. The van der Waals surface area contributed by atoms with Crippen LogP contribution in [0.3, 0.4) is 0 Å². The summed E-state index contributed by atoms with van der Waals surface area (Å²) in [6.45, 7) is 11.1. The Kier molecular flexibility index (Phi) is 17.4. The summed E-state index contributed by atoms with van der Waals surface area (Å²) < 4.78 is 0.781. The normalized spacial score (nSPS) is 12.5. The molecule has 0 spiro atoms. The van der Waals surface area contributed by atoms with E-state index in [1.54, 1.807) is 0 Å². The van der Waals surface area contributed by atoms with Gasteiger partial charge in [0.05, 0.1) is 20.6 Å². The Balaban J connectivity index is 0. The van der Waals surface area contributed by atoms with Crippen LogP contribution in [-0.2, 0) is 4.79 Å². The van der Waals surface area contributed by atoms with E-state index in [4.69, 9.17) is 0 Å². The molecule has 1 atom stereocenters. The summed E-state index contributed by atoms with van der Waals surface area (Å²) >= 11 is 0. The van der Waals surface area contributed by atoms with Crippen molar-refractivity contribution in [3.63, 3.8) is 0 Å². The third-order valence-electron chi connectivity index (χ3n) is 5.46. The zero-order chi connectivity index (χ0) is 18.4. The largest absolute Gasteiger partial charge is 1.00 e. The summed E-state index contributed by atoms with van der Waals surface area (Å²) in [6, 6.07) is 0.0889. The molecule has 0 saturated heterocycles. The lowest BCUT2D eigenvalue weighted by Crippen LogP contribution is -3.00. The Labute approximate surface area is 168 Å². The molecule has 2 nitrogen and oxygen atoms in total. The predicted octanol–water partition coefficient (Wildman–Crippen LogP) is 3.30. The van der Waals surface area contributed by atoms with Gasteiger partial charge in [-0.25, -0.2) is 0 Å². The van der Waals surface area contributed by atoms with E-state index in [1.165, 1.54) is 70.6 Å². The second-order valence-corrected chi connectivity index (χ2v) is 8.08. The highest BCUT2D eigenvalue weighted by Crippen LogP contribution is 2.19. The summed E-state index contributed by atoms with van der Waals surface area (Å²) in [5.74, 6) is 0.258. The second kappa shape index (κ2) is 16.1. The minimum Gasteiger partial charge on any atom is -1.00 e. The average molecular weight is 419 g/mol. The Bertz CT molecular complexity index is 352. The molecule has 0 heterocycles. The Hall–Kier alpha value is -0.150. The molecule has 0 aliphatic heterocycles. The molecule has 0 rings (SSSR count). The fourth-order valence-electron chi connectivity index (χ4n) is 3.30. The third kappa shape index (κ3) is 12.8. The van der Waals surface area contributed by atoms with Gasteiger partial charge in [0.15, 0.2) is 6.04 Å². The lowest BCUT2D eigenvalue weighted by Gasteiger charge is -2.36. The average Bonchev–Trinajstić information content (AvgIpc) is 2.55. The van der Waals surface area contributed by atoms with E-state index < -0.39 is 0 Å². The van der Waals surface area contributed by atoms with E-state index in [-0.39, 0.29) is 28.8 Å². The van der Waals surface area contributed by atoms with Gasteiger partial charge in [0, 0.05) is 6.42 Å². The van der Waals surface area contributed by atoms with Crippen LogP contribution >= 0.6 is 0 Å². The van der Waals surface area contributed by atoms with Crippen LogP contribution in [0.25, 0.3) is 0 Å². The van der Waals surface area contributed by atoms with Crippen molar-refractivity contribution in [2.24, 2.45) is 0 Å². The number of halogens is 1. The zero-order valence-electron chi connectivity index (χ0n) is 17.7. The van der Waals surface area contributed by atoms with Crippen LogP contribution in [0.4, 0.5) is 0 Å². The van der Waals surface area contributed by atoms with Gasteiger partial charge in [0.2, 0.25) is 5.78 Å². The minimum atomic E-state index is 0. The van der Waals surface area contributed by atoms with E-state index in [0.29, 0.717) is 5.57 Å². The number of Topliss-reactive ketones (excluding diaryl/α,β-unsaturated/α-hetero) is 1. The van der Waals surface area contributed by atoms with Crippen LogP contribution in [0.5, 0.6) is 0 Å². The van der Waals surface area contributed by atoms with Gasteiger partial charge in [-0.05, 0) is 25.8 Å². The topological polar surface area (TPSA) is 17.1 Å². The molecule has 0 aromatic heterocycles. The van der Waals surface area contributed by atoms with Crippen LogP contribution in [0.2, 0.25) is 0 Å². The van der Waals surface area contributed by atoms with Gasteiger partial charge < -0.3 is 21.5 Å². The van der Waals surface area contributed by atoms with Crippen molar-refractivity contribution in [3.8, 4) is 0 Å². The maximum absolute atomic E-state index is 12.4. The van der Waals surface area contributed by atoms with E-state index >= 15 is 0 Å². The van der Waals surface area contributed by atoms with E-state index in [0.717, 1.165) is 17.4 Å². The summed E-state index contributed by atoms with van der Waals surface area (Å²) in [4.78, 5) is 12.4. The molecule has 0 radical (unpaired) electrons. The van der Waals surface area contributed by atoms with Crippen LogP contribution < -0.4 is 17.0 Å². The molecule has 3 heteroatoms. The number of hydrogen-bond donors (Lipinski definition) is 0. The number of unbranched alkanes of at least 4 members (excludes halogenated alkanes) is 10. The molecule has 0 aromatic rings. The number of quaternary nitrogens is 1.